The van der Waals surface area contributed by atoms with E-state index in [1.54, 1.807) is 18.3 Å². The molecule has 1 aromatic heterocycles. The third kappa shape index (κ3) is 5.58. The normalized spacial score (nSPS) is 17.5. The second-order valence-electron chi connectivity index (χ2n) is 8.00. The lowest BCUT2D eigenvalue weighted by Crippen LogP contribution is -2.40. The molecule has 2 amide bonds. The van der Waals surface area contributed by atoms with E-state index in [2.05, 4.69) is 17.4 Å². The van der Waals surface area contributed by atoms with E-state index in [-0.39, 0.29) is 24.0 Å². The molecule has 0 bridgehead atoms. The van der Waals surface area contributed by atoms with Crippen LogP contribution in [0.15, 0.2) is 24.3 Å². The number of carbonyl (C=O) groups excluding carboxylic acids is 2. The Kier molecular flexibility index (Phi) is 7.67. The molecule has 0 saturated carbocycles. The number of nitrogens with zero attached hydrogens (tertiary/aromatic N) is 1. The zero-order chi connectivity index (χ0) is 20.8. The van der Waals surface area contributed by atoms with Gasteiger partial charge < -0.3 is 15.0 Å². The predicted molar refractivity (Wildman–Crippen MR) is 119 cm³/mol. The fourth-order valence-corrected chi connectivity index (χ4v) is 5.21. The molecule has 6 heteroatoms. The zero-order valence-electron chi connectivity index (χ0n) is 17.7. The Hall–Kier alpha value is -1.92. The number of rotatable bonds is 7. The number of amides is 2. The fourth-order valence-electron chi connectivity index (χ4n) is 4.06. The molecule has 0 aliphatic carbocycles. The third-order valence-corrected chi connectivity index (χ3v) is 6.68. The number of carbonyl (C=O) groups is 2. The first-order valence-electron chi connectivity index (χ1n) is 10.6. The Morgan fingerprint density at radius 2 is 2.03 bits per heavy atom. The van der Waals surface area contributed by atoms with E-state index < -0.39 is 0 Å². The van der Waals surface area contributed by atoms with E-state index >= 15 is 0 Å². The number of ether oxygens (including phenoxy) is 1. The van der Waals surface area contributed by atoms with Crippen molar-refractivity contribution in [2.75, 3.05) is 19.7 Å². The largest absolute Gasteiger partial charge is 0.377 e. The SMILES string of the molecule is CC(=O)N1CCCCC[C@@H]1Cc1c(C(=O)NCCOC(C)C)sc2ccccc12. The Balaban J connectivity index is 1.84. The Bertz CT molecular complexity index is 846. The van der Waals surface area contributed by atoms with Crippen molar-refractivity contribution in [1.29, 1.82) is 0 Å². The van der Waals surface area contributed by atoms with Crippen molar-refractivity contribution in [3.05, 3.63) is 34.7 Å². The average Bonchev–Trinajstić information content (AvgIpc) is 2.88. The first-order chi connectivity index (χ1) is 14.0. The summed E-state index contributed by atoms with van der Waals surface area (Å²) in [6.07, 6.45) is 5.23. The highest BCUT2D eigenvalue weighted by atomic mass is 32.1. The Labute approximate surface area is 177 Å². The molecular formula is C23H32N2O3S. The monoisotopic (exact) mass is 416 g/mol. The molecule has 158 valence electrons. The molecule has 3 rings (SSSR count). The van der Waals surface area contributed by atoms with Gasteiger partial charge in [0.25, 0.3) is 5.91 Å². The van der Waals surface area contributed by atoms with Crippen molar-refractivity contribution < 1.29 is 14.3 Å². The lowest BCUT2D eigenvalue weighted by molar-refractivity contribution is -0.131. The van der Waals surface area contributed by atoms with Gasteiger partial charge in [0.1, 0.15) is 0 Å². The van der Waals surface area contributed by atoms with Gasteiger partial charge in [-0.15, -0.1) is 11.3 Å². The van der Waals surface area contributed by atoms with E-state index in [1.165, 1.54) is 0 Å². The molecule has 1 aliphatic heterocycles. The molecule has 1 aliphatic rings. The summed E-state index contributed by atoms with van der Waals surface area (Å²) in [5.41, 5.74) is 1.08. The van der Waals surface area contributed by atoms with E-state index in [0.717, 1.165) is 59.2 Å². The summed E-state index contributed by atoms with van der Waals surface area (Å²) >= 11 is 1.54. The quantitative estimate of drug-likeness (QED) is 0.681. The van der Waals surface area contributed by atoms with Crippen LogP contribution in [-0.2, 0) is 16.0 Å². The van der Waals surface area contributed by atoms with Crippen LogP contribution in [-0.4, -0.2) is 48.6 Å². The smallest absolute Gasteiger partial charge is 0.261 e. The van der Waals surface area contributed by atoms with Crippen LogP contribution in [0.5, 0.6) is 0 Å². The Morgan fingerprint density at radius 3 is 2.79 bits per heavy atom. The van der Waals surface area contributed by atoms with Gasteiger partial charge in [0, 0.05) is 30.8 Å². The molecule has 1 saturated heterocycles. The molecule has 5 nitrogen and oxygen atoms in total. The van der Waals surface area contributed by atoms with Crippen molar-refractivity contribution in [2.24, 2.45) is 0 Å². The molecule has 2 aromatic rings. The van der Waals surface area contributed by atoms with Crippen LogP contribution in [0.1, 0.15) is 61.7 Å². The van der Waals surface area contributed by atoms with Gasteiger partial charge in [-0.3, -0.25) is 9.59 Å². The van der Waals surface area contributed by atoms with Crippen molar-refractivity contribution in [3.8, 4) is 0 Å². The average molecular weight is 417 g/mol. The van der Waals surface area contributed by atoms with Gasteiger partial charge in [-0.05, 0) is 50.1 Å². The van der Waals surface area contributed by atoms with Crippen LogP contribution in [0, 0.1) is 0 Å². The van der Waals surface area contributed by atoms with Crippen molar-refractivity contribution in [3.63, 3.8) is 0 Å². The van der Waals surface area contributed by atoms with Crippen molar-refractivity contribution in [2.45, 2.75) is 65.0 Å². The number of nitrogens with one attached hydrogen (secondary N) is 1. The number of fused-ring (bicyclic) bond motifs is 1. The molecule has 1 aromatic carbocycles. The molecule has 1 atom stereocenters. The second-order valence-corrected chi connectivity index (χ2v) is 9.05. The van der Waals surface area contributed by atoms with Crippen molar-refractivity contribution in [1.82, 2.24) is 10.2 Å². The number of thiophene rings is 1. The summed E-state index contributed by atoms with van der Waals surface area (Å²) in [5.74, 6) is 0.0878. The molecule has 1 N–H and O–H groups in total. The van der Waals surface area contributed by atoms with Crippen molar-refractivity contribution >= 4 is 33.2 Å². The van der Waals surface area contributed by atoms with Gasteiger partial charge in [0.05, 0.1) is 17.6 Å². The highest BCUT2D eigenvalue weighted by molar-refractivity contribution is 7.21. The van der Waals surface area contributed by atoms with E-state index in [0.29, 0.717) is 13.2 Å². The maximum Gasteiger partial charge on any atom is 0.261 e. The summed E-state index contributed by atoms with van der Waals surface area (Å²) in [5, 5.41) is 4.14. The number of hydrogen-bond acceptors (Lipinski definition) is 4. The number of likely N-dealkylation sites (tertiary alicyclic amines) is 1. The molecule has 29 heavy (non-hydrogen) atoms. The van der Waals surface area contributed by atoms with E-state index in [4.69, 9.17) is 4.74 Å². The summed E-state index contributed by atoms with van der Waals surface area (Å²) in [4.78, 5) is 28.0. The maximum atomic E-state index is 13.0. The minimum absolute atomic E-state index is 0.0449. The zero-order valence-corrected chi connectivity index (χ0v) is 18.5. The van der Waals surface area contributed by atoms with Crippen LogP contribution < -0.4 is 5.32 Å². The van der Waals surface area contributed by atoms with E-state index in [1.807, 2.05) is 30.9 Å². The van der Waals surface area contributed by atoms with Crippen LogP contribution in [0.2, 0.25) is 0 Å². The molecule has 0 spiro atoms. The fraction of sp³-hybridized carbons (Fsp3) is 0.565. The minimum Gasteiger partial charge on any atom is -0.377 e. The van der Waals surface area contributed by atoms with Gasteiger partial charge in [0.15, 0.2) is 0 Å². The Morgan fingerprint density at radius 1 is 1.24 bits per heavy atom. The highest BCUT2D eigenvalue weighted by Crippen LogP contribution is 2.34. The number of hydrogen-bond donors (Lipinski definition) is 1. The lowest BCUT2D eigenvalue weighted by atomic mass is 9.98. The lowest BCUT2D eigenvalue weighted by Gasteiger charge is -2.29. The van der Waals surface area contributed by atoms with E-state index in [9.17, 15) is 9.59 Å². The highest BCUT2D eigenvalue weighted by Gasteiger charge is 2.27. The summed E-state index contributed by atoms with van der Waals surface area (Å²) in [7, 11) is 0. The second kappa shape index (κ2) is 10.2. The molecule has 0 unspecified atom stereocenters. The van der Waals surface area contributed by atoms with Gasteiger partial charge in [-0.2, -0.15) is 0 Å². The van der Waals surface area contributed by atoms with Crippen LogP contribution in [0.3, 0.4) is 0 Å². The first-order valence-corrected chi connectivity index (χ1v) is 11.5. The molecule has 0 radical (unpaired) electrons. The van der Waals surface area contributed by atoms with Crippen LogP contribution in [0.4, 0.5) is 0 Å². The van der Waals surface area contributed by atoms with Gasteiger partial charge in [-0.25, -0.2) is 0 Å². The topological polar surface area (TPSA) is 58.6 Å². The molecule has 2 heterocycles. The van der Waals surface area contributed by atoms with Gasteiger partial charge in [0.2, 0.25) is 5.91 Å². The summed E-state index contributed by atoms with van der Waals surface area (Å²) in [6.45, 7) is 7.44. The third-order valence-electron chi connectivity index (χ3n) is 5.46. The van der Waals surface area contributed by atoms with Gasteiger partial charge in [-0.1, -0.05) is 31.0 Å². The molecule has 1 fully saturated rings. The first kappa shape index (κ1) is 21.8. The summed E-state index contributed by atoms with van der Waals surface area (Å²) in [6, 6.07) is 8.34. The number of benzene rings is 1. The van der Waals surface area contributed by atoms with Gasteiger partial charge >= 0.3 is 0 Å². The minimum atomic E-state index is -0.0449. The van der Waals surface area contributed by atoms with Crippen LogP contribution >= 0.6 is 11.3 Å². The maximum absolute atomic E-state index is 13.0. The van der Waals surface area contributed by atoms with Crippen LogP contribution in [0.25, 0.3) is 10.1 Å². The molecular weight excluding hydrogens is 384 g/mol. The predicted octanol–water partition coefficient (Wildman–Crippen LogP) is 4.39. The standard InChI is InChI=1S/C23H32N2O3S/c1-16(2)28-14-12-24-23(27)22-20(19-10-6-7-11-21(19)29-22)15-18-9-5-4-8-13-25(18)17(3)26/h6-7,10-11,16,18H,4-5,8-9,12-15H2,1-3H3,(H,24,27)/t18-/m1/s1. The summed E-state index contributed by atoms with van der Waals surface area (Å²) < 4.78 is 6.66.